The second kappa shape index (κ2) is 6.91. The number of amides is 1. The first-order valence-corrected chi connectivity index (χ1v) is 5.80. The fourth-order valence-electron chi connectivity index (χ4n) is 1.41. The van der Waals surface area contributed by atoms with E-state index in [-0.39, 0.29) is 18.6 Å². The van der Waals surface area contributed by atoms with Crippen LogP contribution in [-0.2, 0) is 4.79 Å². The lowest BCUT2D eigenvalue weighted by molar-refractivity contribution is -0.124. The smallest absolute Gasteiger partial charge is 0.258 e. The molecule has 17 heavy (non-hydrogen) atoms. The van der Waals surface area contributed by atoms with E-state index in [0.29, 0.717) is 18.2 Å². The molecule has 0 aliphatic heterocycles. The molecule has 1 rings (SSSR count). The van der Waals surface area contributed by atoms with Crippen LogP contribution in [0, 0.1) is 5.92 Å². The van der Waals surface area contributed by atoms with Crippen LogP contribution in [0.2, 0.25) is 0 Å². The number of para-hydroxylation sites is 1. The highest BCUT2D eigenvalue weighted by Crippen LogP contribution is 2.07. The van der Waals surface area contributed by atoms with Crippen LogP contribution in [0.3, 0.4) is 0 Å². The molecule has 0 bridgehead atoms. The molecule has 0 saturated carbocycles. The number of nitrogens with two attached hydrogens (primary N) is 1. The van der Waals surface area contributed by atoms with Crippen LogP contribution in [0.5, 0.6) is 5.75 Å². The van der Waals surface area contributed by atoms with Gasteiger partial charge in [-0.05, 0) is 18.1 Å². The Balaban J connectivity index is 2.35. The number of rotatable bonds is 6. The highest BCUT2D eigenvalue weighted by molar-refractivity contribution is 5.77. The molecule has 0 aliphatic carbocycles. The van der Waals surface area contributed by atoms with Gasteiger partial charge in [-0.3, -0.25) is 4.79 Å². The van der Waals surface area contributed by atoms with Gasteiger partial charge in [-0.15, -0.1) is 0 Å². The summed E-state index contributed by atoms with van der Waals surface area (Å²) in [5.74, 6) is 0.871. The topological polar surface area (TPSA) is 64.3 Å². The van der Waals surface area contributed by atoms with Crippen molar-refractivity contribution in [3.05, 3.63) is 30.3 Å². The molecule has 0 heterocycles. The van der Waals surface area contributed by atoms with Gasteiger partial charge in [0, 0.05) is 12.6 Å². The third-order valence-electron chi connectivity index (χ3n) is 2.52. The number of carbonyl (C=O) groups excluding carboxylic acids is 1. The summed E-state index contributed by atoms with van der Waals surface area (Å²) in [5.41, 5.74) is 5.57. The molecular formula is C13H20N2O2. The van der Waals surface area contributed by atoms with Crippen molar-refractivity contribution in [3.63, 3.8) is 0 Å². The summed E-state index contributed by atoms with van der Waals surface area (Å²) in [5, 5.41) is 2.85. The average molecular weight is 236 g/mol. The Morgan fingerprint density at radius 3 is 2.53 bits per heavy atom. The number of hydrogen-bond donors (Lipinski definition) is 2. The fourth-order valence-corrected chi connectivity index (χ4v) is 1.41. The lowest BCUT2D eigenvalue weighted by Crippen LogP contribution is -2.45. The van der Waals surface area contributed by atoms with Crippen molar-refractivity contribution < 1.29 is 9.53 Å². The molecule has 0 aromatic heterocycles. The summed E-state index contributed by atoms with van der Waals surface area (Å²) in [6, 6.07) is 9.26. The number of benzene rings is 1. The first kappa shape index (κ1) is 13.5. The summed E-state index contributed by atoms with van der Waals surface area (Å²) in [4.78, 5) is 11.6. The molecule has 1 unspecified atom stereocenters. The van der Waals surface area contributed by atoms with Gasteiger partial charge in [-0.2, -0.15) is 0 Å². The Bertz CT molecular complexity index is 339. The second-order valence-corrected chi connectivity index (χ2v) is 4.26. The minimum Gasteiger partial charge on any atom is -0.484 e. The second-order valence-electron chi connectivity index (χ2n) is 4.26. The van der Waals surface area contributed by atoms with Crippen LogP contribution in [0.1, 0.15) is 13.8 Å². The molecule has 1 aromatic rings. The summed E-state index contributed by atoms with van der Waals surface area (Å²) >= 11 is 0. The molecule has 0 radical (unpaired) electrons. The van der Waals surface area contributed by atoms with Crippen molar-refractivity contribution in [2.24, 2.45) is 11.7 Å². The maximum absolute atomic E-state index is 11.6. The Labute approximate surface area is 102 Å². The van der Waals surface area contributed by atoms with Gasteiger partial charge >= 0.3 is 0 Å². The Morgan fingerprint density at radius 1 is 1.35 bits per heavy atom. The van der Waals surface area contributed by atoms with E-state index in [2.05, 4.69) is 5.32 Å². The molecule has 1 atom stereocenters. The number of carbonyl (C=O) groups is 1. The van der Waals surface area contributed by atoms with E-state index in [9.17, 15) is 4.79 Å². The lowest BCUT2D eigenvalue weighted by Gasteiger charge is -2.20. The zero-order chi connectivity index (χ0) is 12.7. The standard InChI is InChI=1S/C13H20N2O2/c1-10(2)12(8-14)15-13(16)9-17-11-6-4-3-5-7-11/h3-7,10,12H,8-9,14H2,1-2H3,(H,15,16). The van der Waals surface area contributed by atoms with E-state index < -0.39 is 0 Å². The minimum atomic E-state index is -0.141. The molecule has 94 valence electrons. The largest absolute Gasteiger partial charge is 0.484 e. The van der Waals surface area contributed by atoms with Gasteiger partial charge in [0.25, 0.3) is 5.91 Å². The highest BCUT2D eigenvalue weighted by Gasteiger charge is 2.14. The molecule has 0 saturated heterocycles. The third-order valence-corrected chi connectivity index (χ3v) is 2.52. The monoisotopic (exact) mass is 236 g/mol. The first-order chi connectivity index (χ1) is 8.13. The zero-order valence-corrected chi connectivity index (χ0v) is 10.3. The van der Waals surface area contributed by atoms with Crippen molar-refractivity contribution >= 4 is 5.91 Å². The van der Waals surface area contributed by atoms with Crippen LogP contribution in [0.15, 0.2) is 30.3 Å². The van der Waals surface area contributed by atoms with Crippen molar-refractivity contribution in [1.29, 1.82) is 0 Å². The van der Waals surface area contributed by atoms with Gasteiger partial charge < -0.3 is 15.8 Å². The SMILES string of the molecule is CC(C)C(CN)NC(=O)COc1ccccc1. The quantitative estimate of drug-likeness (QED) is 0.779. The van der Waals surface area contributed by atoms with Crippen LogP contribution >= 0.6 is 0 Å². The highest BCUT2D eigenvalue weighted by atomic mass is 16.5. The van der Waals surface area contributed by atoms with Crippen LogP contribution in [0.4, 0.5) is 0 Å². The van der Waals surface area contributed by atoms with Gasteiger partial charge in [0.2, 0.25) is 0 Å². The summed E-state index contributed by atoms with van der Waals surface area (Å²) < 4.78 is 5.34. The fraction of sp³-hybridized carbons (Fsp3) is 0.462. The number of nitrogens with one attached hydrogen (secondary N) is 1. The van der Waals surface area contributed by atoms with Gasteiger partial charge in [0.15, 0.2) is 6.61 Å². The predicted octanol–water partition coefficient (Wildman–Crippen LogP) is 1.16. The van der Waals surface area contributed by atoms with Crippen LogP contribution in [0.25, 0.3) is 0 Å². The molecule has 0 spiro atoms. The maximum Gasteiger partial charge on any atom is 0.258 e. The van der Waals surface area contributed by atoms with E-state index in [1.807, 2.05) is 44.2 Å². The molecular weight excluding hydrogens is 216 g/mol. The normalized spacial score (nSPS) is 12.2. The average Bonchev–Trinajstić information content (AvgIpc) is 2.34. The maximum atomic E-state index is 11.6. The summed E-state index contributed by atoms with van der Waals surface area (Å²) in [6.45, 7) is 4.51. The van der Waals surface area contributed by atoms with Gasteiger partial charge in [0.1, 0.15) is 5.75 Å². The Kier molecular flexibility index (Phi) is 5.49. The number of ether oxygens (including phenoxy) is 1. The molecule has 0 fully saturated rings. The van der Waals surface area contributed by atoms with Gasteiger partial charge in [-0.25, -0.2) is 0 Å². The van der Waals surface area contributed by atoms with E-state index in [4.69, 9.17) is 10.5 Å². The van der Waals surface area contributed by atoms with Crippen molar-refractivity contribution in [2.75, 3.05) is 13.2 Å². The van der Waals surface area contributed by atoms with Crippen molar-refractivity contribution in [3.8, 4) is 5.75 Å². The zero-order valence-electron chi connectivity index (χ0n) is 10.3. The molecule has 3 N–H and O–H groups in total. The first-order valence-electron chi connectivity index (χ1n) is 5.80. The Morgan fingerprint density at radius 2 is 2.00 bits per heavy atom. The van der Waals surface area contributed by atoms with E-state index in [1.165, 1.54) is 0 Å². The molecule has 0 aliphatic rings. The van der Waals surface area contributed by atoms with Crippen molar-refractivity contribution in [1.82, 2.24) is 5.32 Å². The predicted molar refractivity (Wildman–Crippen MR) is 67.8 cm³/mol. The number of hydrogen-bond acceptors (Lipinski definition) is 3. The summed E-state index contributed by atoms with van der Waals surface area (Å²) in [7, 11) is 0. The molecule has 4 heteroatoms. The van der Waals surface area contributed by atoms with Crippen LogP contribution in [-0.4, -0.2) is 25.1 Å². The van der Waals surface area contributed by atoms with E-state index >= 15 is 0 Å². The van der Waals surface area contributed by atoms with Crippen molar-refractivity contribution in [2.45, 2.75) is 19.9 Å². The molecule has 4 nitrogen and oxygen atoms in total. The van der Waals surface area contributed by atoms with Crippen LogP contribution < -0.4 is 15.8 Å². The Hall–Kier alpha value is -1.55. The molecule has 1 amide bonds. The lowest BCUT2D eigenvalue weighted by atomic mass is 10.1. The van der Waals surface area contributed by atoms with E-state index in [1.54, 1.807) is 0 Å². The molecule has 1 aromatic carbocycles. The van der Waals surface area contributed by atoms with Gasteiger partial charge in [-0.1, -0.05) is 32.0 Å². The van der Waals surface area contributed by atoms with Gasteiger partial charge in [0.05, 0.1) is 0 Å². The van der Waals surface area contributed by atoms with E-state index in [0.717, 1.165) is 0 Å². The summed E-state index contributed by atoms with van der Waals surface area (Å²) in [6.07, 6.45) is 0. The minimum absolute atomic E-state index is 0.00173. The third kappa shape index (κ3) is 4.87.